The molecule has 2 rings (SSSR count). The molecule has 25 heavy (non-hydrogen) atoms. The van der Waals surface area contributed by atoms with Crippen molar-refractivity contribution in [2.24, 2.45) is 10.9 Å². The van der Waals surface area contributed by atoms with Gasteiger partial charge in [-0.25, -0.2) is 0 Å². The molecule has 0 aromatic rings. The van der Waals surface area contributed by atoms with Crippen LogP contribution in [0, 0.1) is 5.92 Å². The van der Waals surface area contributed by atoms with Crippen LogP contribution in [0.3, 0.4) is 0 Å². The van der Waals surface area contributed by atoms with E-state index in [1.807, 2.05) is 0 Å². The van der Waals surface area contributed by atoms with Gasteiger partial charge in [-0.1, -0.05) is 0 Å². The van der Waals surface area contributed by atoms with E-state index in [2.05, 4.69) is 29.5 Å². The zero-order valence-electron chi connectivity index (χ0n) is 16.0. The number of halogens is 1. The summed E-state index contributed by atoms with van der Waals surface area (Å²) >= 11 is 0. The summed E-state index contributed by atoms with van der Waals surface area (Å²) < 4.78 is 11.2. The zero-order chi connectivity index (χ0) is 17.0. The van der Waals surface area contributed by atoms with Gasteiger partial charge in [0.25, 0.3) is 0 Å². The average molecular weight is 468 g/mol. The second kappa shape index (κ2) is 14.0. The van der Waals surface area contributed by atoms with Gasteiger partial charge >= 0.3 is 0 Å². The topological polar surface area (TPSA) is 58.1 Å². The third kappa shape index (κ3) is 9.96. The number of hydrogen-bond donors (Lipinski definition) is 2. The normalized spacial score (nSPS) is 22.6. The summed E-state index contributed by atoms with van der Waals surface area (Å²) in [6.07, 6.45) is 6.16. The molecule has 0 saturated carbocycles. The van der Waals surface area contributed by atoms with E-state index in [4.69, 9.17) is 14.5 Å². The molecule has 0 bridgehead atoms. The maximum Gasteiger partial charge on any atom is 0.191 e. The number of ether oxygens (including phenoxy) is 2. The van der Waals surface area contributed by atoms with Crippen LogP contribution in [0.2, 0.25) is 0 Å². The highest BCUT2D eigenvalue weighted by Crippen LogP contribution is 2.15. The van der Waals surface area contributed by atoms with Crippen LogP contribution < -0.4 is 10.6 Å². The Labute approximate surface area is 170 Å². The second-order valence-corrected chi connectivity index (χ2v) is 6.96. The smallest absolute Gasteiger partial charge is 0.191 e. The Bertz CT molecular complexity index is 357. The maximum atomic E-state index is 5.69. The molecule has 2 aliphatic rings. The summed E-state index contributed by atoms with van der Waals surface area (Å²) in [6, 6.07) is 0. The van der Waals surface area contributed by atoms with Gasteiger partial charge in [0.2, 0.25) is 0 Å². The second-order valence-electron chi connectivity index (χ2n) is 6.96. The summed E-state index contributed by atoms with van der Waals surface area (Å²) in [5.74, 6) is 1.67. The Morgan fingerprint density at radius 3 is 2.72 bits per heavy atom. The van der Waals surface area contributed by atoms with E-state index in [1.54, 1.807) is 0 Å². The number of nitrogens with one attached hydrogen (secondary N) is 2. The molecular weight excluding hydrogens is 431 g/mol. The fourth-order valence-electron chi connectivity index (χ4n) is 3.18. The number of likely N-dealkylation sites (tertiary alicyclic amines) is 1. The highest BCUT2D eigenvalue weighted by atomic mass is 127. The molecule has 2 aliphatic heterocycles. The van der Waals surface area contributed by atoms with Gasteiger partial charge in [0, 0.05) is 32.8 Å². The molecule has 0 aromatic heterocycles. The minimum Gasteiger partial charge on any atom is -0.379 e. The van der Waals surface area contributed by atoms with Crippen molar-refractivity contribution in [1.29, 1.82) is 0 Å². The first-order valence-electron chi connectivity index (χ1n) is 9.68. The molecule has 7 heteroatoms. The minimum atomic E-state index is 0. The number of rotatable bonds is 9. The fourth-order valence-corrected chi connectivity index (χ4v) is 3.18. The first-order chi connectivity index (χ1) is 11.8. The van der Waals surface area contributed by atoms with Crippen molar-refractivity contribution in [3.63, 3.8) is 0 Å². The number of piperidine rings is 1. The van der Waals surface area contributed by atoms with Gasteiger partial charge in [-0.15, -0.1) is 24.0 Å². The quantitative estimate of drug-likeness (QED) is 0.235. The van der Waals surface area contributed by atoms with Gasteiger partial charge in [-0.3, -0.25) is 4.99 Å². The van der Waals surface area contributed by atoms with Crippen LogP contribution in [0.4, 0.5) is 0 Å². The van der Waals surface area contributed by atoms with Crippen LogP contribution >= 0.6 is 24.0 Å². The molecule has 0 amide bonds. The lowest BCUT2D eigenvalue weighted by Gasteiger charge is -2.28. The lowest BCUT2D eigenvalue weighted by atomic mass is 9.97. The van der Waals surface area contributed by atoms with E-state index >= 15 is 0 Å². The number of guanidine groups is 1. The Kier molecular flexibility index (Phi) is 12.8. The average Bonchev–Trinajstić information content (AvgIpc) is 3.10. The van der Waals surface area contributed by atoms with E-state index in [0.29, 0.717) is 6.10 Å². The summed E-state index contributed by atoms with van der Waals surface area (Å²) in [5.41, 5.74) is 0. The molecular formula is C18H37IN4O2. The van der Waals surface area contributed by atoms with Gasteiger partial charge < -0.3 is 25.0 Å². The lowest BCUT2D eigenvalue weighted by Crippen LogP contribution is -2.39. The van der Waals surface area contributed by atoms with Crippen molar-refractivity contribution in [1.82, 2.24) is 15.5 Å². The van der Waals surface area contributed by atoms with E-state index < -0.39 is 0 Å². The SMILES string of the molecule is CCNC(=NCC1CCN(C)CC1)NCCCOCC1CCCO1.I. The number of nitrogens with zero attached hydrogens (tertiary/aromatic N) is 2. The fraction of sp³-hybridized carbons (Fsp3) is 0.944. The van der Waals surface area contributed by atoms with E-state index in [9.17, 15) is 0 Å². The van der Waals surface area contributed by atoms with E-state index in [1.165, 1.54) is 32.4 Å². The van der Waals surface area contributed by atoms with E-state index in [0.717, 1.165) is 64.2 Å². The van der Waals surface area contributed by atoms with Crippen molar-refractivity contribution < 1.29 is 9.47 Å². The van der Waals surface area contributed by atoms with Crippen molar-refractivity contribution in [2.45, 2.75) is 45.1 Å². The molecule has 2 saturated heterocycles. The molecule has 0 aliphatic carbocycles. The van der Waals surface area contributed by atoms with Crippen molar-refractivity contribution in [2.75, 3.05) is 59.6 Å². The summed E-state index contributed by atoms with van der Waals surface area (Å²) in [7, 11) is 2.20. The van der Waals surface area contributed by atoms with Crippen LogP contribution in [-0.2, 0) is 9.47 Å². The van der Waals surface area contributed by atoms with Crippen LogP contribution in [0.1, 0.15) is 39.0 Å². The van der Waals surface area contributed by atoms with Gasteiger partial charge in [0.1, 0.15) is 0 Å². The largest absolute Gasteiger partial charge is 0.379 e. The Morgan fingerprint density at radius 1 is 1.24 bits per heavy atom. The van der Waals surface area contributed by atoms with Crippen molar-refractivity contribution >= 4 is 29.9 Å². The molecule has 0 radical (unpaired) electrons. The van der Waals surface area contributed by atoms with Gasteiger partial charge in [0.15, 0.2) is 5.96 Å². The molecule has 0 spiro atoms. The molecule has 2 N–H and O–H groups in total. The third-order valence-corrected chi connectivity index (χ3v) is 4.78. The molecule has 1 atom stereocenters. The minimum absolute atomic E-state index is 0. The molecule has 148 valence electrons. The molecule has 2 heterocycles. The van der Waals surface area contributed by atoms with Crippen LogP contribution in [0.25, 0.3) is 0 Å². The molecule has 6 nitrogen and oxygen atoms in total. The Morgan fingerprint density at radius 2 is 2.04 bits per heavy atom. The number of aliphatic imine (C=N–C) groups is 1. The lowest BCUT2D eigenvalue weighted by molar-refractivity contribution is 0.0168. The van der Waals surface area contributed by atoms with Gasteiger partial charge in [-0.2, -0.15) is 0 Å². The Balaban J connectivity index is 0.00000312. The first-order valence-corrected chi connectivity index (χ1v) is 9.68. The zero-order valence-corrected chi connectivity index (χ0v) is 18.3. The summed E-state index contributed by atoms with van der Waals surface area (Å²) in [4.78, 5) is 7.16. The summed E-state index contributed by atoms with van der Waals surface area (Å²) in [6.45, 7) is 9.65. The van der Waals surface area contributed by atoms with Gasteiger partial charge in [0.05, 0.1) is 12.7 Å². The summed E-state index contributed by atoms with van der Waals surface area (Å²) in [5, 5.41) is 6.75. The molecule has 1 unspecified atom stereocenters. The Hall–Kier alpha value is -0.120. The first kappa shape index (κ1) is 22.9. The highest BCUT2D eigenvalue weighted by Gasteiger charge is 2.16. The predicted molar refractivity (Wildman–Crippen MR) is 114 cm³/mol. The monoisotopic (exact) mass is 468 g/mol. The standard InChI is InChI=1S/C18H36N4O2.HI/c1-3-19-18(21-14-16-7-10-22(2)11-8-16)20-9-5-12-23-15-17-6-4-13-24-17;/h16-17H,3-15H2,1-2H3,(H2,19,20,21);1H. The molecule has 0 aromatic carbocycles. The van der Waals surface area contributed by atoms with E-state index in [-0.39, 0.29) is 24.0 Å². The van der Waals surface area contributed by atoms with Crippen molar-refractivity contribution in [3.05, 3.63) is 0 Å². The van der Waals surface area contributed by atoms with Crippen LogP contribution in [0.15, 0.2) is 4.99 Å². The van der Waals surface area contributed by atoms with Crippen molar-refractivity contribution in [3.8, 4) is 0 Å². The highest BCUT2D eigenvalue weighted by molar-refractivity contribution is 14.0. The van der Waals surface area contributed by atoms with Crippen LogP contribution in [0.5, 0.6) is 0 Å². The predicted octanol–water partition coefficient (Wildman–Crippen LogP) is 2.09. The number of hydrogen-bond acceptors (Lipinski definition) is 4. The maximum absolute atomic E-state index is 5.69. The third-order valence-electron chi connectivity index (χ3n) is 4.78. The van der Waals surface area contributed by atoms with Crippen LogP contribution in [-0.4, -0.2) is 76.6 Å². The van der Waals surface area contributed by atoms with Gasteiger partial charge in [-0.05, 0) is 65.1 Å². The molecule has 2 fully saturated rings.